The summed E-state index contributed by atoms with van der Waals surface area (Å²) in [6.07, 6.45) is 4.87. The number of phenolic OH excluding ortho intramolecular Hbond substituents is 1. The fourth-order valence-electron chi connectivity index (χ4n) is 4.29. The highest BCUT2D eigenvalue weighted by Crippen LogP contribution is 2.40. The first-order valence-corrected chi connectivity index (χ1v) is 11.1. The van der Waals surface area contributed by atoms with Crippen LogP contribution in [0.25, 0.3) is 21.9 Å². The number of hydrogen-bond acceptors (Lipinski definition) is 2. The Hall–Kier alpha value is -2.32. The van der Waals surface area contributed by atoms with Crippen molar-refractivity contribution in [3.63, 3.8) is 0 Å². The van der Waals surface area contributed by atoms with E-state index in [1.165, 1.54) is 47.6 Å². The number of aromatic hydroxyl groups is 1. The quantitative estimate of drug-likeness (QED) is 0.417. The van der Waals surface area contributed by atoms with E-state index in [1.54, 1.807) is 0 Å². The smallest absolute Gasteiger partial charge is 0.123 e. The molecule has 3 aromatic carbocycles. The van der Waals surface area contributed by atoms with Gasteiger partial charge in [0.05, 0.1) is 0 Å². The van der Waals surface area contributed by atoms with Crippen molar-refractivity contribution in [2.75, 3.05) is 13.1 Å². The topological polar surface area (TPSA) is 23.5 Å². The molecular formula is C27H35NO. The molecule has 3 aromatic rings. The molecule has 0 fully saturated rings. The van der Waals surface area contributed by atoms with Crippen LogP contribution in [0.2, 0.25) is 0 Å². The Kier molecular flexibility index (Phi) is 7.33. The van der Waals surface area contributed by atoms with E-state index in [0.717, 1.165) is 36.3 Å². The number of hydrogen-bond donors (Lipinski definition) is 1. The summed E-state index contributed by atoms with van der Waals surface area (Å²) < 4.78 is 0. The van der Waals surface area contributed by atoms with Gasteiger partial charge in [0.25, 0.3) is 0 Å². The van der Waals surface area contributed by atoms with E-state index in [1.807, 2.05) is 13.0 Å². The molecule has 0 atom stereocenters. The number of rotatable bonds is 9. The summed E-state index contributed by atoms with van der Waals surface area (Å²) in [5.41, 5.74) is 5.70. The first-order valence-electron chi connectivity index (χ1n) is 11.1. The summed E-state index contributed by atoms with van der Waals surface area (Å²) in [5, 5.41) is 13.4. The highest BCUT2D eigenvalue weighted by molar-refractivity contribution is 6.00. The predicted molar refractivity (Wildman–Crippen MR) is 126 cm³/mol. The lowest BCUT2D eigenvalue weighted by atomic mass is 9.89. The van der Waals surface area contributed by atoms with Crippen LogP contribution in [0.1, 0.15) is 56.2 Å². The molecule has 0 amide bonds. The van der Waals surface area contributed by atoms with Gasteiger partial charge < -0.3 is 5.11 Å². The van der Waals surface area contributed by atoms with Gasteiger partial charge in [0, 0.05) is 12.1 Å². The Morgan fingerprint density at radius 1 is 0.828 bits per heavy atom. The number of phenols is 1. The lowest BCUT2D eigenvalue weighted by Gasteiger charge is -2.25. The molecule has 154 valence electrons. The van der Waals surface area contributed by atoms with Gasteiger partial charge in [0.2, 0.25) is 0 Å². The summed E-state index contributed by atoms with van der Waals surface area (Å²) in [6.45, 7) is 11.8. The molecule has 0 unspecified atom stereocenters. The highest BCUT2D eigenvalue weighted by Gasteiger charge is 2.18. The van der Waals surface area contributed by atoms with E-state index in [2.05, 4.69) is 68.1 Å². The molecule has 3 rings (SSSR count). The lowest BCUT2D eigenvalue weighted by Crippen LogP contribution is -2.26. The SMILES string of the molecule is CCCCN(CCCC)Cc1ccc2ccccc2c1-c1c(C)cc(C)cc1O. The van der Waals surface area contributed by atoms with Crippen LogP contribution in [-0.2, 0) is 6.54 Å². The molecule has 0 saturated heterocycles. The van der Waals surface area contributed by atoms with Crippen LogP contribution in [0.4, 0.5) is 0 Å². The van der Waals surface area contributed by atoms with Gasteiger partial charge in [-0.25, -0.2) is 0 Å². The Balaban J connectivity index is 2.14. The maximum atomic E-state index is 10.9. The van der Waals surface area contributed by atoms with Crippen LogP contribution in [0.15, 0.2) is 48.5 Å². The molecule has 2 heteroatoms. The van der Waals surface area contributed by atoms with Crippen LogP contribution in [0.3, 0.4) is 0 Å². The fraction of sp³-hybridized carbons (Fsp3) is 0.407. The van der Waals surface area contributed by atoms with Crippen molar-refractivity contribution in [2.24, 2.45) is 0 Å². The van der Waals surface area contributed by atoms with Crippen LogP contribution in [0, 0.1) is 13.8 Å². The predicted octanol–water partition coefficient (Wildman–Crippen LogP) is 7.23. The van der Waals surface area contributed by atoms with E-state index in [4.69, 9.17) is 0 Å². The lowest BCUT2D eigenvalue weighted by molar-refractivity contribution is 0.257. The van der Waals surface area contributed by atoms with Gasteiger partial charge in [-0.1, -0.05) is 69.2 Å². The summed E-state index contributed by atoms with van der Waals surface area (Å²) in [4.78, 5) is 2.58. The molecule has 0 radical (unpaired) electrons. The highest BCUT2D eigenvalue weighted by atomic mass is 16.3. The normalized spacial score (nSPS) is 11.5. The Bertz CT molecular complexity index is 929. The van der Waals surface area contributed by atoms with E-state index in [0.29, 0.717) is 5.75 Å². The number of unbranched alkanes of at least 4 members (excludes halogenated alkanes) is 2. The van der Waals surface area contributed by atoms with Crippen molar-refractivity contribution in [3.05, 3.63) is 65.2 Å². The van der Waals surface area contributed by atoms with Gasteiger partial charge in [-0.2, -0.15) is 0 Å². The van der Waals surface area contributed by atoms with Gasteiger partial charge in [0.15, 0.2) is 0 Å². The van der Waals surface area contributed by atoms with Gasteiger partial charge in [-0.3, -0.25) is 4.90 Å². The largest absolute Gasteiger partial charge is 0.507 e. The second-order valence-corrected chi connectivity index (χ2v) is 8.28. The number of aryl methyl sites for hydroxylation is 2. The molecule has 2 nitrogen and oxygen atoms in total. The average Bonchev–Trinajstić information content (AvgIpc) is 2.70. The first kappa shape index (κ1) is 21.4. The van der Waals surface area contributed by atoms with E-state index < -0.39 is 0 Å². The van der Waals surface area contributed by atoms with Crippen molar-refractivity contribution in [1.82, 2.24) is 4.90 Å². The van der Waals surface area contributed by atoms with Crippen molar-refractivity contribution < 1.29 is 5.11 Å². The third-order valence-corrected chi connectivity index (χ3v) is 5.77. The minimum absolute atomic E-state index is 0.383. The molecule has 0 spiro atoms. The Morgan fingerprint density at radius 2 is 1.52 bits per heavy atom. The molecule has 0 heterocycles. The molecule has 0 aromatic heterocycles. The monoisotopic (exact) mass is 389 g/mol. The van der Waals surface area contributed by atoms with Crippen LogP contribution < -0.4 is 0 Å². The summed E-state index contributed by atoms with van der Waals surface area (Å²) in [5.74, 6) is 0.383. The van der Waals surface area contributed by atoms with E-state index in [-0.39, 0.29) is 0 Å². The standard InChI is InChI=1S/C27H35NO/c1-5-7-15-28(16-8-6-2)19-23-14-13-22-11-9-10-12-24(22)27(23)26-21(4)17-20(3)18-25(26)29/h9-14,17-18,29H,5-8,15-16,19H2,1-4H3. The van der Waals surface area contributed by atoms with Gasteiger partial charge in [-0.15, -0.1) is 0 Å². The minimum atomic E-state index is 0.383. The second kappa shape index (κ2) is 9.93. The van der Waals surface area contributed by atoms with E-state index >= 15 is 0 Å². The zero-order chi connectivity index (χ0) is 20.8. The van der Waals surface area contributed by atoms with Crippen molar-refractivity contribution in [3.8, 4) is 16.9 Å². The number of fused-ring (bicyclic) bond motifs is 1. The molecule has 0 saturated carbocycles. The summed E-state index contributed by atoms with van der Waals surface area (Å²) >= 11 is 0. The molecular weight excluding hydrogens is 354 g/mol. The first-order chi connectivity index (χ1) is 14.0. The molecule has 29 heavy (non-hydrogen) atoms. The minimum Gasteiger partial charge on any atom is -0.507 e. The fourth-order valence-corrected chi connectivity index (χ4v) is 4.29. The third-order valence-electron chi connectivity index (χ3n) is 5.77. The van der Waals surface area contributed by atoms with Crippen LogP contribution in [0.5, 0.6) is 5.75 Å². The second-order valence-electron chi connectivity index (χ2n) is 8.28. The Labute approximate surface area is 176 Å². The third kappa shape index (κ3) is 5.00. The summed E-state index contributed by atoms with van der Waals surface area (Å²) in [7, 11) is 0. The van der Waals surface area contributed by atoms with Crippen LogP contribution in [-0.4, -0.2) is 23.1 Å². The number of nitrogens with zero attached hydrogens (tertiary/aromatic N) is 1. The zero-order valence-corrected chi connectivity index (χ0v) is 18.5. The average molecular weight is 390 g/mol. The van der Waals surface area contributed by atoms with E-state index in [9.17, 15) is 5.11 Å². The van der Waals surface area contributed by atoms with Crippen molar-refractivity contribution in [2.45, 2.75) is 59.9 Å². The molecule has 0 aliphatic carbocycles. The molecule has 0 bridgehead atoms. The van der Waals surface area contributed by atoms with Gasteiger partial charge in [0.1, 0.15) is 5.75 Å². The number of benzene rings is 3. The Morgan fingerprint density at radius 3 is 2.17 bits per heavy atom. The zero-order valence-electron chi connectivity index (χ0n) is 18.5. The summed E-state index contributed by atoms with van der Waals surface area (Å²) in [6, 6.07) is 17.1. The molecule has 0 aliphatic heterocycles. The molecule has 0 aliphatic rings. The van der Waals surface area contributed by atoms with Crippen LogP contribution >= 0.6 is 0 Å². The van der Waals surface area contributed by atoms with Gasteiger partial charge >= 0.3 is 0 Å². The maximum Gasteiger partial charge on any atom is 0.123 e. The maximum absolute atomic E-state index is 10.9. The molecule has 1 N–H and O–H groups in total. The van der Waals surface area contributed by atoms with Crippen molar-refractivity contribution >= 4 is 10.8 Å². The van der Waals surface area contributed by atoms with Crippen molar-refractivity contribution in [1.29, 1.82) is 0 Å². The van der Waals surface area contributed by atoms with Gasteiger partial charge in [-0.05, 0) is 78.9 Å².